The van der Waals surface area contributed by atoms with Gasteiger partial charge in [-0.1, -0.05) is 19.8 Å². The maximum Gasteiger partial charge on any atom is 0.220 e. The van der Waals surface area contributed by atoms with Gasteiger partial charge in [-0.05, 0) is 25.7 Å². The van der Waals surface area contributed by atoms with E-state index in [1.165, 1.54) is 0 Å². The van der Waals surface area contributed by atoms with Crippen LogP contribution in [0.15, 0.2) is 0 Å². The molecule has 4 heteroatoms. The number of carbonyl (C=O) groups is 1. The molecule has 3 aliphatic rings. The molecule has 1 amide bonds. The molecule has 0 radical (unpaired) electrons. The van der Waals surface area contributed by atoms with Crippen LogP contribution >= 0.6 is 0 Å². The third-order valence-corrected chi connectivity index (χ3v) is 4.39. The molecule has 2 saturated heterocycles. The molecule has 0 spiro atoms. The lowest BCUT2D eigenvalue weighted by atomic mass is 9.56. The highest BCUT2D eigenvalue weighted by Crippen LogP contribution is 2.55. The number of aliphatic hydroxyl groups excluding tert-OH is 1. The molecule has 0 atom stereocenters. The zero-order chi connectivity index (χ0) is 13.1. The Labute approximate surface area is 109 Å². The third kappa shape index (κ3) is 2.86. The SMILES string of the molecule is CCCCCC(=O)NCC12CC(CO)(CCO1)C2. The summed E-state index contributed by atoms with van der Waals surface area (Å²) in [5, 5.41) is 12.4. The van der Waals surface area contributed by atoms with E-state index in [9.17, 15) is 9.90 Å². The summed E-state index contributed by atoms with van der Waals surface area (Å²) in [5.41, 5.74) is -0.0907. The largest absolute Gasteiger partial charge is 0.396 e. The second-order valence-electron chi connectivity index (χ2n) is 6.03. The Kier molecular flexibility index (Phi) is 4.28. The van der Waals surface area contributed by atoms with Gasteiger partial charge in [0, 0.05) is 31.6 Å². The Bertz CT molecular complexity index is 297. The van der Waals surface area contributed by atoms with Crippen LogP contribution < -0.4 is 5.32 Å². The summed E-state index contributed by atoms with van der Waals surface area (Å²) in [7, 11) is 0. The Balaban J connectivity index is 1.70. The normalized spacial score (nSPS) is 33.9. The van der Waals surface area contributed by atoms with Gasteiger partial charge in [0.1, 0.15) is 0 Å². The van der Waals surface area contributed by atoms with Crippen LogP contribution in [0.1, 0.15) is 51.9 Å². The lowest BCUT2D eigenvalue weighted by Gasteiger charge is -2.59. The van der Waals surface area contributed by atoms with Crippen molar-refractivity contribution in [1.82, 2.24) is 5.32 Å². The fraction of sp³-hybridized carbons (Fsp3) is 0.929. The van der Waals surface area contributed by atoms with Crippen LogP contribution in [0, 0.1) is 5.41 Å². The highest BCUT2D eigenvalue weighted by Gasteiger charge is 2.58. The van der Waals surface area contributed by atoms with Gasteiger partial charge in [-0.3, -0.25) is 4.79 Å². The van der Waals surface area contributed by atoms with Gasteiger partial charge in [-0.25, -0.2) is 0 Å². The van der Waals surface area contributed by atoms with Crippen LogP contribution in [0.3, 0.4) is 0 Å². The number of hydrogen-bond acceptors (Lipinski definition) is 3. The highest BCUT2D eigenvalue weighted by molar-refractivity contribution is 5.75. The van der Waals surface area contributed by atoms with Crippen molar-refractivity contribution < 1.29 is 14.6 Å². The zero-order valence-corrected chi connectivity index (χ0v) is 11.3. The summed E-state index contributed by atoms with van der Waals surface area (Å²) in [5.74, 6) is 0.133. The van der Waals surface area contributed by atoms with Crippen LogP contribution in [-0.4, -0.2) is 36.4 Å². The standard InChI is InChI=1S/C14H25NO3/c1-2-3-4-5-12(17)15-10-14-8-13(9-14,11-16)6-7-18-14/h16H,2-11H2,1H3,(H,15,17). The van der Waals surface area contributed by atoms with Gasteiger partial charge in [-0.2, -0.15) is 0 Å². The number of nitrogens with one attached hydrogen (secondary N) is 1. The fourth-order valence-corrected chi connectivity index (χ4v) is 3.33. The molecule has 3 rings (SSSR count). The zero-order valence-electron chi connectivity index (χ0n) is 11.3. The molecule has 0 aromatic rings. The van der Waals surface area contributed by atoms with Crippen LogP contribution in [0.5, 0.6) is 0 Å². The van der Waals surface area contributed by atoms with Crippen molar-refractivity contribution in [2.24, 2.45) is 5.41 Å². The topological polar surface area (TPSA) is 58.6 Å². The van der Waals surface area contributed by atoms with Gasteiger partial charge in [0.05, 0.1) is 5.60 Å². The minimum Gasteiger partial charge on any atom is -0.396 e. The predicted molar refractivity (Wildman–Crippen MR) is 69.2 cm³/mol. The van der Waals surface area contributed by atoms with E-state index >= 15 is 0 Å². The van der Waals surface area contributed by atoms with Crippen LogP contribution in [0.2, 0.25) is 0 Å². The van der Waals surface area contributed by atoms with Crippen molar-refractivity contribution in [3.8, 4) is 0 Å². The van der Waals surface area contributed by atoms with Crippen molar-refractivity contribution in [2.75, 3.05) is 19.8 Å². The summed E-state index contributed by atoms with van der Waals surface area (Å²) < 4.78 is 5.81. The molecular weight excluding hydrogens is 230 g/mol. The van der Waals surface area contributed by atoms with Gasteiger partial charge >= 0.3 is 0 Å². The lowest BCUT2D eigenvalue weighted by molar-refractivity contribution is -0.232. The smallest absolute Gasteiger partial charge is 0.220 e. The van der Waals surface area contributed by atoms with Gasteiger partial charge in [0.25, 0.3) is 0 Å². The number of fused-ring (bicyclic) bond motifs is 2. The molecular formula is C14H25NO3. The molecule has 104 valence electrons. The lowest BCUT2D eigenvalue weighted by Crippen LogP contribution is -2.64. The summed E-state index contributed by atoms with van der Waals surface area (Å²) in [6, 6.07) is 0. The second kappa shape index (κ2) is 5.57. The molecule has 0 aromatic heterocycles. The van der Waals surface area contributed by atoms with Crippen LogP contribution in [0.25, 0.3) is 0 Å². The number of hydrogen-bond donors (Lipinski definition) is 2. The van der Waals surface area contributed by atoms with E-state index in [0.717, 1.165) is 38.5 Å². The Morgan fingerprint density at radius 2 is 2.17 bits per heavy atom. The second-order valence-corrected chi connectivity index (χ2v) is 6.03. The number of amides is 1. The van der Waals surface area contributed by atoms with Crippen molar-refractivity contribution >= 4 is 5.91 Å². The van der Waals surface area contributed by atoms with Crippen LogP contribution in [0.4, 0.5) is 0 Å². The molecule has 0 unspecified atom stereocenters. The van der Waals surface area contributed by atoms with Crippen molar-refractivity contribution in [2.45, 2.75) is 57.5 Å². The first-order valence-electron chi connectivity index (χ1n) is 7.15. The molecule has 2 N–H and O–H groups in total. The molecule has 3 fully saturated rings. The number of carbonyl (C=O) groups excluding carboxylic acids is 1. The predicted octanol–water partition coefficient (Wildman–Crippen LogP) is 1.61. The quantitative estimate of drug-likeness (QED) is 0.680. The van der Waals surface area contributed by atoms with E-state index in [4.69, 9.17) is 4.74 Å². The van der Waals surface area contributed by atoms with Gasteiger partial charge < -0.3 is 15.2 Å². The van der Waals surface area contributed by atoms with E-state index in [-0.39, 0.29) is 23.5 Å². The minimum absolute atomic E-state index is 0.0885. The maximum absolute atomic E-state index is 11.7. The monoisotopic (exact) mass is 255 g/mol. The summed E-state index contributed by atoms with van der Waals surface area (Å²) in [6.07, 6.45) is 6.58. The van der Waals surface area contributed by atoms with E-state index < -0.39 is 0 Å². The van der Waals surface area contributed by atoms with Crippen LogP contribution in [-0.2, 0) is 9.53 Å². The summed E-state index contributed by atoms with van der Waals surface area (Å²) in [6.45, 7) is 3.71. The molecule has 18 heavy (non-hydrogen) atoms. The summed E-state index contributed by atoms with van der Waals surface area (Å²) >= 11 is 0. The molecule has 2 aliphatic heterocycles. The molecule has 2 heterocycles. The third-order valence-electron chi connectivity index (χ3n) is 4.39. The number of aliphatic hydroxyl groups is 1. The average Bonchev–Trinajstić information content (AvgIpc) is 2.36. The number of unbranched alkanes of at least 4 members (excludes halogenated alkanes) is 2. The Morgan fingerprint density at radius 3 is 2.83 bits per heavy atom. The first-order valence-corrected chi connectivity index (χ1v) is 7.15. The molecule has 1 saturated carbocycles. The maximum atomic E-state index is 11.7. The number of rotatable bonds is 7. The molecule has 4 nitrogen and oxygen atoms in total. The first-order chi connectivity index (χ1) is 8.64. The van der Waals surface area contributed by atoms with Crippen molar-refractivity contribution in [3.63, 3.8) is 0 Å². The van der Waals surface area contributed by atoms with E-state index in [1.807, 2.05) is 0 Å². The van der Waals surface area contributed by atoms with Crippen molar-refractivity contribution in [1.29, 1.82) is 0 Å². The highest BCUT2D eigenvalue weighted by atomic mass is 16.5. The van der Waals surface area contributed by atoms with Gasteiger partial charge in [0.2, 0.25) is 5.91 Å². The molecule has 0 aromatic carbocycles. The van der Waals surface area contributed by atoms with Gasteiger partial charge in [0.15, 0.2) is 0 Å². The van der Waals surface area contributed by atoms with Gasteiger partial charge in [-0.15, -0.1) is 0 Å². The summed E-state index contributed by atoms with van der Waals surface area (Å²) in [4.78, 5) is 11.7. The van der Waals surface area contributed by atoms with E-state index in [0.29, 0.717) is 19.6 Å². The van der Waals surface area contributed by atoms with E-state index in [2.05, 4.69) is 12.2 Å². The fourth-order valence-electron chi connectivity index (χ4n) is 3.33. The average molecular weight is 255 g/mol. The van der Waals surface area contributed by atoms with Crippen molar-refractivity contribution in [3.05, 3.63) is 0 Å². The molecule has 1 aliphatic carbocycles. The number of ether oxygens (including phenoxy) is 1. The Hall–Kier alpha value is -0.610. The minimum atomic E-state index is -0.179. The first kappa shape index (κ1) is 13.8. The van der Waals surface area contributed by atoms with E-state index in [1.54, 1.807) is 0 Å². The molecule has 2 bridgehead atoms. The Morgan fingerprint density at radius 1 is 1.39 bits per heavy atom.